The first kappa shape index (κ1) is 14.5. The average Bonchev–Trinajstić information content (AvgIpc) is 2.47. The maximum absolute atomic E-state index is 6.26. The van der Waals surface area contributed by atoms with Crippen LogP contribution in [0, 0.1) is 0 Å². The lowest BCUT2D eigenvalue weighted by Gasteiger charge is -2.29. The second kappa shape index (κ2) is 6.04. The van der Waals surface area contributed by atoms with Crippen molar-refractivity contribution < 1.29 is 9.47 Å². The summed E-state index contributed by atoms with van der Waals surface area (Å²) < 4.78 is 11.1. The molecule has 1 aromatic carbocycles. The molecule has 106 valence electrons. The van der Waals surface area contributed by atoms with Crippen LogP contribution in [0.5, 0.6) is 0 Å². The minimum Gasteiger partial charge on any atom is -0.376 e. The number of benzene rings is 1. The average molecular weight is 263 g/mol. The van der Waals surface area contributed by atoms with Gasteiger partial charge in [-0.15, -0.1) is 0 Å². The molecule has 0 spiro atoms. The van der Waals surface area contributed by atoms with E-state index in [1.54, 1.807) is 0 Å². The van der Waals surface area contributed by atoms with E-state index in [4.69, 9.17) is 15.2 Å². The molecule has 2 unspecified atom stereocenters. The van der Waals surface area contributed by atoms with Gasteiger partial charge in [-0.05, 0) is 23.0 Å². The van der Waals surface area contributed by atoms with Crippen molar-refractivity contribution in [1.82, 2.24) is 0 Å². The first-order valence-electron chi connectivity index (χ1n) is 7.10. The third kappa shape index (κ3) is 3.35. The minimum atomic E-state index is -0.112. The topological polar surface area (TPSA) is 44.5 Å². The Morgan fingerprint density at radius 1 is 1.26 bits per heavy atom. The molecule has 0 saturated carbocycles. The van der Waals surface area contributed by atoms with Gasteiger partial charge in [-0.3, -0.25) is 0 Å². The van der Waals surface area contributed by atoms with Crippen LogP contribution in [0.15, 0.2) is 24.3 Å². The molecule has 1 fully saturated rings. The molecule has 3 nitrogen and oxygen atoms in total. The molecule has 19 heavy (non-hydrogen) atoms. The van der Waals surface area contributed by atoms with Gasteiger partial charge in [0.1, 0.15) is 6.10 Å². The molecule has 1 heterocycles. The van der Waals surface area contributed by atoms with Crippen LogP contribution in [-0.2, 0) is 14.9 Å². The Labute approximate surface area is 116 Å². The molecular weight excluding hydrogens is 238 g/mol. The van der Waals surface area contributed by atoms with Gasteiger partial charge in [0, 0.05) is 0 Å². The van der Waals surface area contributed by atoms with Crippen molar-refractivity contribution >= 4 is 0 Å². The van der Waals surface area contributed by atoms with Crippen LogP contribution in [0.2, 0.25) is 0 Å². The zero-order valence-corrected chi connectivity index (χ0v) is 12.2. The molecular formula is C16H25NO2. The highest BCUT2D eigenvalue weighted by atomic mass is 16.6. The molecule has 0 bridgehead atoms. The van der Waals surface area contributed by atoms with Crippen molar-refractivity contribution in [2.45, 2.75) is 44.8 Å². The Morgan fingerprint density at radius 3 is 2.47 bits per heavy atom. The summed E-state index contributed by atoms with van der Waals surface area (Å²) in [5, 5.41) is 0. The summed E-state index contributed by atoms with van der Waals surface area (Å²) in [6.07, 6.45) is 1.09. The lowest BCUT2D eigenvalue weighted by atomic mass is 9.81. The fourth-order valence-electron chi connectivity index (χ4n) is 2.29. The number of hydrogen-bond donors (Lipinski definition) is 1. The number of rotatable bonds is 4. The second-order valence-electron chi connectivity index (χ2n) is 5.87. The quantitative estimate of drug-likeness (QED) is 0.908. The van der Waals surface area contributed by atoms with Gasteiger partial charge in [0.15, 0.2) is 0 Å². The molecule has 1 aliphatic rings. The van der Waals surface area contributed by atoms with E-state index >= 15 is 0 Å². The lowest BCUT2D eigenvalue weighted by molar-refractivity contribution is -0.0975. The lowest BCUT2D eigenvalue weighted by Crippen LogP contribution is -2.37. The van der Waals surface area contributed by atoms with E-state index in [1.807, 2.05) is 0 Å². The van der Waals surface area contributed by atoms with E-state index < -0.39 is 0 Å². The highest BCUT2D eigenvalue weighted by Gasteiger charge is 2.24. The van der Waals surface area contributed by atoms with Crippen LogP contribution >= 0.6 is 0 Å². The first-order chi connectivity index (χ1) is 9.04. The van der Waals surface area contributed by atoms with Gasteiger partial charge in [0.05, 0.1) is 25.9 Å². The molecule has 0 aliphatic carbocycles. The Hall–Kier alpha value is -0.900. The van der Waals surface area contributed by atoms with Crippen LogP contribution in [0.25, 0.3) is 0 Å². The zero-order valence-electron chi connectivity index (χ0n) is 12.2. The summed E-state index contributed by atoms with van der Waals surface area (Å²) in [6, 6.07) is 8.49. The molecule has 2 atom stereocenters. The standard InChI is InChI=1S/C16H25NO2/c1-4-16(2,3)13-7-5-12(6-8-13)15(17)14-11-18-9-10-19-14/h5-8,14-15H,4,9-11,17H2,1-3H3. The Morgan fingerprint density at radius 2 is 1.95 bits per heavy atom. The van der Waals surface area contributed by atoms with Crippen molar-refractivity contribution in [3.8, 4) is 0 Å². The van der Waals surface area contributed by atoms with Crippen molar-refractivity contribution in [2.75, 3.05) is 19.8 Å². The second-order valence-corrected chi connectivity index (χ2v) is 5.87. The number of nitrogens with two attached hydrogens (primary N) is 1. The predicted molar refractivity (Wildman–Crippen MR) is 77.2 cm³/mol. The van der Waals surface area contributed by atoms with Crippen LogP contribution in [-0.4, -0.2) is 25.9 Å². The smallest absolute Gasteiger partial charge is 0.100 e. The van der Waals surface area contributed by atoms with Gasteiger partial charge in [-0.25, -0.2) is 0 Å². The molecule has 0 radical (unpaired) electrons. The molecule has 0 amide bonds. The van der Waals surface area contributed by atoms with Gasteiger partial charge >= 0.3 is 0 Å². The van der Waals surface area contributed by atoms with Crippen molar-refractivity contribution in [2.24, 2.45) is 5.73 Å². The Kier molecular flexibility index (Phi) is 4.61. The van der Waals surface area contributed by atoms with E-state index in [0.717, 1.165) is 12.0 Å². The Bertz CT molecular complexity index is 394. The predicted octanol–water partition coefficient (Wildman–Crippen LogP) is 2.79. The third-order valence-electron chi connectivity index (χ3n) is 4.20. The molecule has 2 rings (SSSR count). The maximum Gasteiger partial charge on any atom is 0.100 e. The summed E-state index contributed by atoms with van der Waals surface area (Å²) in [5.41, 5.74) is 8.94. The molecule has 3 heteroatoms. The van der Waals surface area contributed by atoms with E-state index in [-0.39, 0.29) is 17.6 Å². The highest BCUT2D eigenvalue weighted by molar-refractivity contribution is 5.30. The molecule has 1 aliphatic heterocycles. The number of hydrogen-bond acceptors (Lipinski definition) is 3. The van der Waals surface area contributed by atoms with E-state index in [0.29, 0.717) is 19.8 Å². The summed E-state index contributed by atoms with van der Waals surface area (Å²) in [4.78, 5) is 0. The molecule has 2 N–H and O–H groups in total. The SMILES string of the molecule is CCC(C)(C)c1ccc(C(N)C2COCCO2)cc1. The normalized spacial score (nSPS) is 22.2. The maximum atomic E-state index is 6.26. The van der Waals surface area contributed by atoms with Crippen LogP contribution in [0.3, 0.4) is 0 Å². The van der Waals surface area contributed by atoms with Crippen molar-refractivity contribution in [3.05, 3.63) is 35.4 Å². The number of ether oxygens (including phenoxy) is 2. The van der Waals surface area contributed by atoms with Crippen LogP contribution < -0.4 is 5.73 Å². The van der Waals surface area contributed by atoms with Crippen molar-refractivity contribution in [3.63, 3.8) is 0 Å². The molecule has 0 aromatic heterocycles. The third-order valence-corrected chi connectivity index (χ3v) is 4.20. The van der Waals surface area contributed by atoms with Crippen molar-refractivity contribution in [1.29, 1.82) is 0 Å². The van der Waals surface area contributed by atoms with Crippen LogP contribution in [0.4, 0.5) is 0 Å². The first-order valence-corrected chi connectivity index (χ1v) is 7.10. The van der Waals surface area contributed by atoms with Crippen LogP contribution in [0.1, 0.15) is 44.4 Å². The minimum absolute atomic E-state index is 0.0289. The summed E-state index contributed by atoms with van der Waals surface area (Å²) in [7, 11) is 0. The van der Waals surface area contributed by atoms with E-state index in [2.05, 4.69) is 45.0 Å². The van der Waals surface area contributed by atoms with E-state index in [1.165, 1.54) is 5.56 Å². The highest BCUT2D eigenvalue weighted by Crippen LogP contribution is 2.28. The van der Waals surface area contributed by atoms with Gasteiger partial charge in [0.2, 0.25) is 0 Å². The van der Waals surface area contributed by atoms with Gasteiger partial charge in [0.25, 0.3) is 0 Å². The van der Waals surface area contributed by atoms with E-state index in [9.17, 15) is 0 Å². The molecule has 1 aromatic rings. The summed E-state index contributed by atoms with van der Waals surface area (Å²) >= 11 is 0. The van der Waals surface area contributed by atoms with Gasteiger partial charge in [-0.1, -0.05) is 45.0 Å². The monoisotopic (exact) mass is 263 g/mol. The van der Waals surface area contributed by atoms with Gasteiger partial charge in [-0.2, -0.15) is 0 Å². The fraction of sp³-hybridized carbons (Fsp3) is 0.625. The Balaban J connectivity index is 2.09. The zero-order chi connectivity index (χ0) is 13.9. The summed E-state index contributed by atoms with van der Waals surface area (Å²) in [6.45, 7) is 8.64. The summed E-state index contributed by atoms with van der Waals surface area (Å²) in [5.74, 6) is 0. The fourth-order valence-corrected chi connectivity index (χ4v) is 2.29. The largest absolute Gasteiger partial charge is 0.376 e. The molecule has 1 saturated heterocycles. The van der Waals surface area contributed by atoms with Gasteiger partial charge < -0.3 is 15.2 Å².